The van der Waals surface area contributed by atoms with Crippen molar-refractivity contribution in [1.82, 2.24) is 0 Å². The van der Waals surface area contributed by atoms with E-state index in [2.05, 4.69) is 13.8 Å². The van der Waals surface area contributed by atoms with Crippen LogP contribution in [0.1, 0.15) is 34.1 Å². The van der Waals surface area contributed by atoms with E-state index in [-0.39, 0.29) is 11.2 Å². The normalized spacial score (nSPS) is 28.9. The molecule has 1 heterocycles. The molecule has 0 aromatic rings. The van der Waals surface area contributed by atoms with Gasteiger partial charge in [0.25, 0.3) is 0 Å². The zero-order valence-corrected chi connectivity index (χ0v) is 11.1. The van der Waals surface area contributed by atoms with Crippen molar-refractivity contribution in [3.05, 3.63) is 0 Å². The van der Waals surface area contributed by atoms with Gasteiger partial charge in [0.05, 0.1) is 11.2 Å². The van der Waals surface area contributed by atoms with Gasteiger partial charge in [-0.25, -0.2) is 0 Å². The number of carboxylic acid groups (broad SMARTS) is 1. The molecule has 0 aliphatic carbocycles. The van der Waals surface area contributed by atoms with Gasteiger partial charge in [0.15, 0.2) is 0 Å². The van der Waals surface area contributed by atoms with Crippen LogP contribution in [0.3, 0.4) is 0 Å². The topological polar surface area (TPSA) is 72.6 Å². The van der Waals surface area contributed by atoms with Crippen LogP contribution in [0.2, 0.25) is 0 Å². The molecule has 0 saturated carbocycles. The standard InChI is InChI=1S/C11H21NO3S/c1-10(2)5-8(11(3,4)15-10)16-6-7(12)9(13)14/h7-8H,5-6,12H2,1-4H3,(H,13,14). The third-order valence-corrected chi connectivity index (χ3v) is 4.47. The molecule has 94 valence electrons. The maximum absolute atomic E-state index is 10.6. The molecule has 2 unspecified atom stereocenters. The van der Waals surface area contributed by atoms with E-state index < -0.39 is 12.0 Å². The summed E-state index contributed by atoms with van der Waals surface area (Å²) in [5.74, 6) is -0.508. The Kier molecular flexibility index (Phi) is 3.92. The average molecular weight is 247 g/mol. The lowest BCUT2D eigenvalue weighted by atomic mass is 10.0. The lowest BCUT2D eigenvalue weighted by Crippen LogP contribution is -2.36. The molecule has 0 aromatic heterocycles. The summed E-state index contributed by atoms with van der Waals surface area (Å²) >= 11 is 1.60. The van der Waals surface area contributed by atoms with Gasteiger partial charge in [-0.3, -0.25) is 4.79 Å². The minimum atomic E-state index is -0.941. The molecule has 1 rings (SSSR count). The van der Waals surface area contributed by atoms with Gasteiger partial charge in [-0.1, -0.05) is 0 Å². The molecule has 1 aliphatic rings. The highest BCUT2D eigenvalue weighted by Crippen LogP contribution is 2.43. The molecule has 0 radical (unpaired) electrons. The maximum Gasteiger partial charge on any atom is 0.321 e. The number of hydrogen-bond donors (Lipinski definition) is 2. The second kappa shape index (κ2) is 4.55. The van der Waals surface area contributed by atoms with Crippen LogP contribution in [0, 0.1) is 0 Å². The lowest BCUT2D eigenvalue weighted by Gasteiger charge is -2.27. The van der Waals surface area contributed by atoms with Crippen molar-refractivity contribution >= 4 is 17.7 Å². The molecule has 1 aliphatic heterocycles. The molecule has 0 bridgehead atoms. The first-order chi connectivity index (χ1) is 7.14. The number of nitrogens with two attached hydrogens (primary N) is 1. The first-order valence-corrected chi connectivity index (χ1v) is 6.49. The highest BCUT2D eigenvalue weighted by atomic mass is 32.2. The van der Waals surface area contributed by atoms with Gasteiger partial charge < -0.3 is 15.6 Å². The zero-order chi connectivity index (χ0) is 12.6. The monoisotopic (exact) mass is 247 g/mol. The molecule has 4 nitrogen and oxygen atoms in total. The summed E-state index contributed by atoms with van der Waals surface area (Å²) in [6.45, 7) is 8.22. The number of aliphatic carboxylic acids is 1. The largest absolute Gasteiger partial charge is 0.480 e. The van der Waals surface area contributed by atoms with Gasteiger partial charge >= 0.3 is 5.97 Å². The van der Waals surface area contributed by atoms with Gasteiger partial charge in [-0.05, 0) is 34.1 Å². The van der Waals surface area contributed by atoms with Crippen LogP contribution in [-0.4, -0.2) is 39.3 Å². The fraction of sp³-hybridized carbons (Fsp3) is 0.909. The number of carboxylic acids is 1. The summed E-state index contributed by atoms with van der Waals surface area (Å²) in [5.41, 5.74) is 5.14. The molecule has 5 heteroatoms. The van der Waals surface area contributed by atoms with Crippen LogP contribution in [0.25, 0.3) is 0 Å². The fourth-order valence-corrected chi connectivity index (χ4v) is 3.61. The van der Waals surface area contributed by atoms with Crippen LogP contribution < -0.4 is 5.73 Å². The fourth-order valence-electron chi connectivity index (χ4n) is 2.06. The summed E-state index contributed by atoms with van der Waals surface area (Å²) < 4.78 is 5.93. The van der Waals surface area contributed by atoms with E-state index in [1.807, 2.05) is 13.8 Å². The molecular formula is C11H21NO3S. The van der Waals surface area contributed by atoms with Gasteiger partial charge in [-0.2, -0.15) is 11.8 Å². The Morgan fingerprint density at radius 1 is 1.56 bits per heavy atom. The predicted molar refractivity (Wildman–Crippen MR) is 65.7 cm³/mol. The van der Waals surface area contributed by atoms with Crippen molar-refractivity contribution in [3.8, 4) is 0 Å². The van der Waals surface area contributed by atoms with Gasteiger partial charge in [0.2, 0.25) is 0 Å². The van der Waals surface area contributed by atoms with E-state index in [1.54, 1.807) is 11.8 Å². The van der Waals surface area contributed by atoms with Gasteiger partial charge in [0, 0.05) is 11.0 Å². The minimum Gasteiger partial charge on any atom is -0.480 e. The molecular weight excluding hydrogens is 226 g/mol. The highest BCUT2D eigenvalue weighted by Gasteiger charge is 2.46. The van der Waals surface area contributed by atoms with E-state index in [1.165, 1.54) is 0 Å². The van der Waals surface area contributed by atoms with Crippen LogP contribution in [0.15, 0.2) is 0 Å². The number of rotatable bonds is 4. The summed E-state index contributed by atoms with van der Waals surface area (Å²) in [6, 6.07) is -0.787. The summed E-state index contributed by atoms with van der Waals surface area (Å²) in [4.78, 5) is 10.6. The Hall–Kier alpha value is -0.260. The summed E-state index contributed by atoms with van der Waals surface area (Å²) in [7, 11) is 0. The van der Waals surface area contributed by atoms with Crippen LogP contribution in [-0.2, 0) is 9.53 Å². The first-order valence-electron chi connectivity index (χ1n) is 5.44. The first kappa shape index (κ1) is 13.8. The number of ether oxygens (including phenoxy) is 1. The lowest BCUT2D eigenvalue weighted by molar-refractivity contribution is -0.137. The van der Waals surface area contributed by atoms with E-state index in [0.717, 1.165) is 6.42 Å². The van der Waals surface area contributed by atoms with Crippen molar-refractivity contribution in [2.75, 3.05) is 5.75 Å². The van der Waals surface area contributed by atoms with Crippen molar-refractivity contribution in [2.24, 2.45) is 5.73 Å². The van der Waals surface area contributed by atoms with Crippen molar-refractivity contribution in [3.63, 3.8) is 0 Å². The third kappa shape index (κ3) is 3.37. The third-order valence-electron chi connectivity index (χ3n) is 2.79. The molecule has 1 fully saturated rings. The Morgan fingerprint density at radius 2 is 2.12 bits per heavy atom. The predicted octanol–water partition coefficient (Wildman–Crippen LogP) is 1.48. The molecule has 16 heavy (non-hydrogen) atoms. The average Bonchev–Trinajstić information content (AvgIpc) is 2.29. The Bertz CT molecular complexity index is 278. The molecule has 0 aromatic carbocycles. The van der Waals surface area contributed by atoms with Crippen molar-refractivity contribution in [2.45, 2.75) is 56.6 Å². The zero-order valence-electron chi connectivity index (χ0n) is 10.3. The SMILES string of the molecule is CC1(C)CC(SCC(N)C(=O)O)C(C)(C)O1. The van der Waals surface area contributed by atoms with E-state index in [9.17, 15) is 4.79 Å². The van der Waals surface area contributed by atoms with Crippen molar-refractivity contribution < 1.29 is 14.6 Å². The molecule has 1 saturated heterocycles. The van der Waals surface area contributed by atoms with E-state index in [0.29, 0.717) is 11.0 Å². The molecule has 2 atom stereocenters. The molecule has 3 N–H and O–H groups in total. The quantitative estimate of drug-likeness (QED) is 0.787. The second-order valence-corrected chi connectivity index (χ2v) is 6.67. The summed E-state index contributed by atoms with van der Waals surface area (Å²) in [6.07, 6.45) is 0.928. The van der Waals surface area contributed by atoms with Gasteiger partial charge in [-0.15, -0.1) is 0 Å². The van der Waals surface area contributed by atoms with Gasteiger partial charge in [0.1, 0.15) is 6.04 Å². The number of hydrogen-bond acceptors (Lipinski definition) is 4. The smallest absolute Gasteiger partial charge is 0.321 e. The van der Waals surface area contributed by atoms with Crippen LogP contribution in [0.5, 0.6) is 0 Å². The van der Waals surface area contributed by atoms with Crippen molar-refractivity contribution in [1.29, 1.82) is 0 Å². The number of thioether (sulfide) groups is 1. The number of carbonyl (C=O) groups is 1. The molecule has 0 spiro atoms. The Morgan fingerprint density at radius 3 is 2.50 bits per heavy atom. The Balaban J connectivity index is 2.52. The Labute approximate surface area is 101 Å². The molecule has 0 amide bonds. The summed E-state index contributed by atoms with van der Waals surface area (Å²) in [5, 5.41) is 9.02. The van der Waals surface area contributed by atoms with E-state index >= 15 is 0 Å². The minimum absolute atomic E-state index is 0.130. The van der Waals surface area contributed by atoms with E-state index in [4.69, 9.17) is 15.6 Å². The van der Waals surface area contributed by atoms with Crippen LogP contribution in [0.4, 0.5) is 0 Å². The maximum atomic E-state index is 10.6. The second-order valence-electron chi connectivity index (χ2n) is 5.44. The highest BCUT2D eigenvalue weighted by molar-refractivity contribution is 8.00. The van der Waals surface area contributed by atoms with Crippen LogP contribution >= 0.6 is 11.8 Å².